The summed E-state index contributed by atoms with van der Waals surface area (Å²) in [7, 11) is 0. The van der Waals surface area contributed by atoms with E-state index in [-0.39, 0.29) is 0 Å². The quantitative estimate of drug-likeness (QED) is 0.187. The fourth-order valence-corrected chi connectivity index (χ4v) is 4.64. The first-order valence-electron chi connectivity index (χ1n) is 10.3. The van der Waals surface area contributed by atoms with Gasteiger partial charge in [-0.15, -0.1) is 0 Å². The van der Waals surface area contributed by atoms with Gasteiger partial charge in [0.05, 0.1) is 0 Å². The molecule has 0 aliphatic heterocycles. The summed E-state index contributed by atoms with van der Waals surface area (Å²) in [5, 5.41) is 0. The van der Waals surface area contributed by atoms with Crippen molar-refractivity contribution in [1.82, 2.24) is 0 Å². The van der Waals surface area contributed by atoms with Gasteiger partial charge in [-0.05, 0) is 31.6 Å². The molecular formula is C21H43Br. The maximum atomic E-state index is 4.29. The van der Waals surface area contributed by atoms with Crippen LogP contribution in [0.1, 0.15) is 124 Å². The molecule has 0 spiro atoms. The van der Waals surface area contributed by atoms with Crippen LogP contribution in [0.3, 0.4) is 0 Å². The lowest BCUT2D eigenvalue weighted by atomic mass is 9.78. The Hall–Kier alpha value is 0.480. The third kappa shape index (κ3) is 10.3. The molecule has 0 aliphatic rings. The maximum Gasteiger partial charge on any atom is 0.0286 e. The standard InChI is InChI=1S/C21H43Br/c1-5-9-13-17-20(16-12-8-4)21(22,18-14-10-6-2)19-15-11-7-3/h20H,5-19H2,1-4H3. The fourth-order valence-electron chi connectivity index (χ4n) is 3.62. The SMILES string of the molecule is CCCCCC(CCCC)C(Br)(CCCCC)CCCCC. The minimum absolute atomic E-state index is 0.431. The van der Waals surface area contributed by atoms with Gasteiger partial charge in [0.25, 0.3) is 0 Å². The van der Waals surface area contributed by atoms with Crippen LogP contribution in [0.5, 0.6) is 0 Å². The molecule has 0 aromatic heterocycles. The van der Waals surface area contributed by atoms with E-state index in [9.17, 15) is 0 Å². The minimum Gasteiger partial charge on any atom is -0.0850 e. The van der Waals surface area contributed by atoms with Gasteiger partial charge < -0.3 is 0 Å². The molecule has 0 rings (SSSR count). The zero-order valence-electron chi connectivity index (χ0n) is 16.1. The van der Waals surface area contributed by atoms with E-state index >= 15 is 0 Å². The highest BCUT2D eigenvalue weighted by Crippen LogP contribution is 2.43. The summed E-state index contributed by atoms with van der Waals surface area (Å²) in [4.78, 5) is 0. The highest BCUT2D eigenvalue weighted by atomic mass is 79.9. The maximum absolute atomic E-state index is 4.29. The van der Waals surface area contributed by atoms with Crippen LogP contribution in [0.25, 0.3) is 0 Å². The Morgan fingerprint density at radius 1 is 0.591 bits per heavy atom. The predicted octanol–water partition coefficient (Wildman–Crippen LogP) is 8.67. The van der Waals surface area contributed by atoms with Crippen molar-refractivity contribution < 1.29 is 0 Å². The van der Waals surface area contributed by atoms with Gasteiger partial charge in [-0.1, -0.05) is 114 Å². The second-order valence-electron chi connectivity index (χ2n) is 7.28. The van der Waals surface area contributed by atoms with Crippen molar-refractivity contribution >= 4 is 15.9 Å². The molecule has 0 bridgehead atoms. The largest absolute Gasteiger partial charge is 0.0850 e. The van der Waals surface area contributed by atoms with Crippen molar-refractivity contribution in [2.24, 2.45) is 5.92 Å². The lowest BCUT2D eigenvalue weighted by Gasteiger charge is -2.37. The second-order valence-corrected chi connectivity index (χ2v) is 8.86. The third-order valence-electron chi connectivity index (χ3n) is 5.19. The molecule has 0 fully saturated rings. The Morgan fingerprint density at radius 3 is 1.45 bits per heavy atom. The highest BCUT2D eigenvalue weighted by molar-refractivity contribution is 9.10. The molecule has 0 N–H and O–H groups in total. The lowest BCUT2D eigenvalue weighted by molar-refractivity contribution is 0.280. The van der Waals surface area contributed by atoms with E-state index < -0.39 is 0 Å². The molecule has 0 aromatic carbocycles. The Morgan fingerprint density at radius 2 is 1.00 bits per heavy atom. The van der Waals surface area contributed by atoms with E-state index in [4.69, 9.17) is 0 Å². The van der Waals surface area contributed by atoms with Crippen LogP contribution in [0.15, 0.2) is 0 Å². The monoisotopic (exact) mass is 374 g/mol. The zero-order chi connectivity index (χ0) is 16.7. The molecule has 134 valence electrons. The average molecular weight is 375 g/mol. The number of rotatable bonds is 16. The van der Waals surface area contributed by atoms with Crippen molar-refractivity contribution in [3.8, 4) is 0 Å². The van der Waals surface area contributed by atoms with Gasteiger partial charge in [0.2, 0.25) is 0 Å². The molecular weight excluding hydrogens is 332 g/mol. The van der Waals surface area contributed by atoms with E-state index in [1.807, 2.05) is 0 Å². The van der Waals surface area contributed by atoms with Crippen molar-refractivity contribution in [3.05, 3.63) is 0 Å². The first-order valence-corrected chi connectivity index (χ1v) is 11.1. The molecule has 22 heavy (non-hydrogen) atoms. The molecule has 0 aromatic rings. The molecule has 0 amide bonds. The summed E-state index contributed by atoms with van der Waals surface area (Å²) in [5.74, 6) is 0.896. The average Bonchev–Trinajstić information content (AvgIpc) is 2.51. The molecule has 0 nitrogen and oxygen atoms in total. The Kier molecular flexibility index (Phi) is 15.4. The van der Waals surface area contributed by atoms with Crippen LogP contribution < -0.4 is 0 Å². The molecule has 1 atom stereocenters. The van der Waals surface area contributed by atoms with E-state index in [2.05, 4.69) is 43.6 Å². The van der Waals surface area contributed by atoms with Crippen molar-refractivity contribution in [2.75, 3.05) is 0 Å². The number of alkyl halides is 1. The lowest BCUT2D eigenvalue weighted by Crippen LogP contribution is -2.32. The smallest absolute Gasteiger partial charge is 0.0286 e. The Labute approximate surface area is 150 Å². The summed E-state index contributed by atoms with van der Waals surface area (Å²) in [5.41, 5.74) is 0. The van der Waals surface area contributed by atoms with E-state index in [0.29, 0.717) is 4.32 Å². The molecule has 0 aliphatic carbocycles. The van der Waals surface area contributed by atoms with Crippen molar-refractivity contribution in [2.45, 2.75) is 128 Å². The van der Waals surface area contributed by atoms with Crippen LogP contribution in [-0.4, -0.2) is 4.32 Å². The predicted molar refractivity (Wildman–Crippen MR) is 107 cm³/mol. The normalized spacial score (nSPS) is 13.5. The number of hydrogen-bond acceptors (Lipinski definition) is 0. The Balaban J connectivity index is 4.71. The van der Waals surface area contributed by atoms with E-state index in [1.54, 1.807) is 0 Å². The summed E-state index contributed by atoms with van der Waals surface area (Å²) < 4.78 is 0.431. The molecule has 1 unspecified atom stereocenters. The second kappa shape index (κ2) is 15.0. The van der Waals surface area contributed by atoms with Crippen LogP contribution in [0.4, 0.5) is 0 Å². The van der Waals surface area contributed by atoms with E-state index in [0.717, 1.165) is 5.92 Å². The molecule has 0 heterocycles. The number of halogens is 1. The molecule has 1 heteroatoms. The van der Waals surface area contributed by atoms with Gasteiger partial charge in [-0.2, -0.15) is 0 Å². The highest BCUT2D eigenvalue weighted by Gasteiger charge is 2.34. The summed E-state index contributed by atoms with van der Waals surface area (Å²) in [6.07, 6.45) is 20.9. The summed E-state index contributed by atoms with van der Waals surface area (Å²) in [6.45, 7) is 9.31. The summed E-state index contributed by atoms with van der Waals surface area (Å²) in [6, 6.07) is 0. The summed E-state index contributed by atoms with van der Waals surface area (Å²) >= 11 is 4.29. The Bertz CT molecular complexity index is 214. The zero-order valence-corrected chi connectivity index (χ0v) is 17.6. The molecule has 0 saturated carbocycles. The van der Waals surface area contributed by atoms with Crippen LogP contribution in [0, 0.1) is 5.92 Å². The fraction of sp³-hybridized carbons (Fsp3) is 1.00. The van der Waals surface area contributed by atoms with Crippen LogP contribution >= 0.6 is 15.9 Å². The number of hydrogen-bond donors (Lipinski definition) is 0. The van der Waals surface area contributed by atoms with E-state index in [1.165, 1.54) is 96.3 Å². The number of unbranched alkanes of at least 4 members (excludes halogenated alkanes) is 7. The van der Waals surface area contributed by atoms with Crippen molar-refractivity contribution in [1.29, 1.82) is 0 Å². The van der Waals surface area contributed by atoms with Crippen LogP contribution in [-0.2, 0) is 0 Å². The topological polar surface area (TPSA) is 0 Å². The third-order valence-corrected chi connectivity index (χ3v) is 6.63. The molecule has 0 saturated heterocycles. The van der Waals surface area contributed by atoms with Gasteiger partial charge in [0.15, 0.2) is 0 Å². The first kappa shape index (κ1) is 22.5. The minimum atomic E-state index is 0.431. The van der Waals surface area contributed by atoms with Crippen LogP contribution in [0.2, 0.25) is 0 Å². The van der Waals surface area contributed by atoms with Gasteiger partial charge in [0.1, 0.15) is 0 Å². The van der Waals surface area contributed by atoms with Gasteiger partial charge >= 0.3 is 0 Å². The van der Waals surface area contributed by atoms with Gasteiger partial charge in [-0.25, -0.2) is 0 Å². The van der Waals surface area contributed by atoms with Gasteiger partial charge in [0, 0.05) is 4.32 Å². The first-order chi connectivity index (χ1) is 10.6. The molecule has 0 radical (unpaired) electrons. The van der Waals surface area contributed by atoms with Gasteiger partial charge in [-0.3, -0.25) is 0 Å². The van der Waals surface area contributed by atoms with Crippen molar-refractivity contribution in [3.63, 3.8) is 0 Å².